The highest BCUT2D eigenvalue weighted by Gasteiger charge is 2.31. The van der Waals surface area contributed by atoms with Crippen LogP contribution in [0.4, 0.5) is 0 Å². The average molecular weight is 388 g/mol. The van der Waals surface area contributed by atoms with Crippen LogP contribution in [0.15, 0.2) is 0 Å². The van der Waals surface area contributed by atoms with Crippen LogP contribution in [0.5, 0.6) is 0 Å². The minimum atomic E-state index is -1.16. The van der Waals surface area contributed by atoms with E-state index in [1.54, 1.807) is 0 Å². The van der Waals surface area contributed by atoms with E-state index >= 15 is 0 Å². The Morgan fingerprint density at radius 2 is 1.77 bits per heavy atom. The molecule has 150 valence electrons. The molecule has 2 amide bonds. The number of carboxylic acids is 1. The first-order chi connectivity index (χ1) is 12.3. The lowest BCUT2D eigenvalue weighted by atomic mass is 9.84. The van der Waals surface area contributed by atoms with Crippen LogP contribution >= 0.6 is 12.6 Å². The van der Waals surface area contributed by atoms with Crippen molar-refractivity contribution in [2.75, 3.05) is 5.75 Å². The molecule has 0 radical (unpaired) electrons. The highest BCUT2D eigenvalue weighted by Crippen LogP contribution is 2.27. The summed E-state index contributed by atoms with van der Waals surface area (Å²) < 4.78 is 0. The van der Waals surface area contributed by atoms with E-state index in [4.69, 9.17) is 10.8 Å². The first-order valence-corrected chi connectivity index (χ1v) is 10.1. The van der Waals surface area contributed by atoms with Crippen LogP contribution in [0.1, 0.15) is 58.8 Å². The molecule has 0 bridgehead atoms. The third-order valence-electron chi connectivity index (χ3n) is 5.24. The number of hydrogen-bond acceptors (Lipinski definition) is 5. The smallest absolute Gasteiger partial charge is 0.327 e. The SMILES string of the molecule is CC[C@H](C)[C@H](NC(=O)[C@@H](N)CC1CCCCC1)C(=O)N[C@@H](CS)C(=O)O. The molecule has 0 saturated heterocycles. The van der Waals surface area contributed by atoms with Crippen LogP contribution in [0.2, 0.25) is 0 Å². The Labute approximate surface area is 161 Å². The number of hydrogen-bond donors (Lipinski definition) is 5. The quantitative estimate of drug-likeness (QED) is 0.362. The Morgan fingerprint density at radius 1 is 1.15 bits per heavy atom. The number of carbonyl (C=O) groups is 3. The molecule has 0 aromatic rings. The van der Waals surface area contributed by atoms with Gasteiger partial charge in [0.1, 0.15) is 12.1 Å². The lowest BCUT2D eigenvalue weighted by molar-refractivity contribution is -0.141. The van der Waals surface area contributed by atoms with E-state index in [-0.39, 0.29) is 17.6 Å². The van der Waals surface area contributed by atoms with Crippen LogP contribution < -0.4 is 16.4 Å². The lowest BCUT2D eigenvalue weighted by Gasteiger charge is -2.28. The number of aliphatic carboxylic acids is 1. The third-order valence-corrected chi connectivity index (χ3v) is 5.60. The molecule has 26 heavy (non-hydrogen) atoms. The second kappa shape index (κ2) is 11.4. The van der Waals surface area contributed by atoms with E-state index in [9.17, 15) is 14.4 Å². The first kappa shape index (κ1) is 22.8. The summed E-state index contributed by atoms with van der Waals surface area (Å²) in [5.41, 5.74) is 6.06. The van der Waals surface area contributed by atoms with Gasteiger partial charge in [-0.05, 0) is 18.3 Å². The van der Waals surface area contributed by atoms with E-state index in [1.807, 2.05) is 13.8 Å². The van der Waals surface area contributed by atoms with Gasteiger partial charge in [0, 0.05) is 5.75 Å². The van der Waals surface area contributed by atoms with Crippen LogP contribution in [0, 0.1) is 11.8 Å². The Hall–Kier alpha value is -1.28. The number of nitrogens with two attached hydrogens (primary N) is 1. The monoisotopic (exact) mass is 387 g/mol. The summed E-state index contributed by atoms with van der Waals surface area (Å²) in [6, 6.07) is -2.56. The maximum atomic E-state index is 12.5. The highest BCUT2D eigenvalue weighted by atomic mass is 32.1. The van der Waals surface area contributed by atoms with Crippen LogP contribution in [-0.2, 0) is 14.4 Å². The third kappa shape index (κ3) is 7.15. The normalized spacial score (nSPS) is 19.8. The Bertz CT molecular complexity index is 483. The van der Waals surface area contributed by atoms with Gasteiger partial charge in [-0.25, -0.2) is 4.79 Å². The number of nitrogens with one attached hydrogen (secondary N) is 2. The highest BCUT2D eigenvalue weighted by molar-refractivity contribution is 7.80. The molecule has 1 saturated carbocycles. The summed E-state index contributed by atoms with van der Waals surface area (Å²) in [4.78, 5) is 36.1. The van der Waals surface area contributed by atoms with Gasteiger partial charge in [-0.1, -0.05) is 52.4 Å². The van der Waals surface area contributed by atoms with Crippen molar-refractivity contribution in [2.24, 2.45) is 17.6 Å². The summed E-state index contributed by atoms with van der Waals surface area (Å²) in [7, 11) is 0. The molecule has 5 N–H and O–H groups in total. The maximum absolute atomic E-state index is 12.5. The molecule has 7 nitrogen and oxygen atoms in total. The fourth-order valence-electron chi connectivity index (χ4n) is 3.30. The van der Waals surface area contributed by atoms with E-state index in [0.717, 1.165) is 12.8 Å². The van der Waals surface area contributed by atoms with Crippen molar-refractivity contribution >= 4 is 30.4 Å². The number of carboxylic acid groups (broad SMARTS) is 1. The Balaban J connectivity index is 2.68. The van der Waals surface area contributed by atoms with E-state index < -0.39 is 30.0 Å². The van der Waals surface area contributed by atoms with Crippen molar-refractivity contribution < 1.29 is 19.5 Å². The van der Waals surface area contributed by atoms with E-state index in [1.165, 1.54) is 19.3 Å². The molecule has 1 aliphatic rings. The van der Waals surface area contributed by atoms with Crippen molar-refractivity contribution in [3.8, 4) is 0 Å². The van der Waals surface area contributed by atoms with Gasteiger partial charge in [-0.2, -0.15) is 12.6 Å². The molecule has 1 aliphatic carbocycles. The molecular weight excluding hydrogens is 354 g/mol. The topological polar surface area (TPSA) is 122 Å². The number of amides is 2. The maximum Gasteiger partial charge on any atom is 0.327 e. The standard InChI is InChI=1S/C18H33N3O4S/c1-3-11(2)15(17(23)20-14(10-26)18(24)25)21-16(22)13(19)9-12-7-5-4-6-8-12/h11-15,26H,3-10,19H2,1-2H3,(H,20,23)(H,21,22)(H,24,25)/t11-,13-,14-,15-/m0/s1. The van der Waals surface area contributed by atoms with Crippen LogP contribution in [-0.4, -0.2) is 46.8 Å². The Morgan fingerprint density at radius 3 is 2.27 bits per heavy atom. The van der Waals surface area contributed by atoms with Crippen molar-refractivity contribution in [2.45, 2.75) is 76.9 Å². The average Bonchev–Trinajstić information content (AvgIpc) is 2.63. The Kier molecular flexibility index (Phi) is 10.0. The molecule has 0 aliphatic heterocycles. The zero-order valence-electron chi connectivity index (χ0n) is 15.7. The molecule has 1 rings (SSSR count). The summed E-state index contributed by atoms with van der Waals surface area (Å²) in [6.45, 7) is 3.75. The summed E-state index contributed by atoms with van der Waals surface area (Å²) in [5, 5.41) is 14.2. The lowest BCUT2D eigenvalue weighted by Crippen LogP contribution is -2.57. The number of rotatable bonds is 10. The summed E-state index contributed by atoms with van der Waals surface area (Å²) in [5.74, 6) is -1.73. The molecule has 1 fully saturated rings. The molecule has 8 heteroatoms. The van der Waals surface area contributed by atoms with E-state index in [0.29, 0.717) is 18.8 Å². The van der Waals surface area contributed by atoms with Crippen molar-refractivity contribution in [1.29, 1.82) is 0 Å². The van der Waals surface area contributed by atoms with Gasteiger partial charge >= 0.3 is 5.97 Å². The van der Waals surface area contributed by atoms with Gasteiger partial charge in [0.25, 0.3) is 0 Å². The predicted molar refractivity (Wildman–Crippen MR) is 104 cm³/mol. The van der Waals surface area contributed by atoms with Crippen LogP contribution in [0.25, 0.3) is 0 Å². The fraction of sp³-hybridized carbons (Fsp3) is 0.833. The van der Waals surface area contributed by atoms with Crippen LogP contribution in [0.3, 0.4) is 0 Å². The van der Waals surface area contributed by atoms with Gasteiger partial charge in [-0.3, -0.25) is 9.59 Å². The summed E-state index contributed by atoms with van der Waals surface area (Å²) >= 11 is 3.95. The van der Waals surface area contributed by atoms with Gasteiger partial charge < -0.3 is 21.5 Å². The first-order valence-electron chi connectivity index (χ1n) is 9.50. The molecular formula is C18H33N3O4S. The van der Waals surface area contributed by atoms with Crippen molar-refractivity contribution in [1.82, 2.24) is 10.6 Å². The number of carbonyl (C=O) groups excluding carboxylic acids is 2. The predicted octanol–water partition coefficient (Wildman–Crippen LogP) is 1.31. The largest absolute Gasteiger partial charge is 0.480 e. The van der Waals surface area contributed by atoms with Gasteiger partial charge in [0.15, 0.2) is 0 Å². The van der Waals surface area contributed by atoms with Crippen molar-refractivity contribution in [3.63, 3.8) is 0 Å². The minimum Gasteiger partial charge on any atom is -0.480 e. The zero-order valence-corrected chi connectivity index (χ0v) is 16.6. The summed E-state index contributed by atoms with van der Waals surface area (Å²) in [6.07, 6.45) is 7.07. The second-order valence-corrected chi connectivity index (χ2v) is 7.67. The fourth-order valence-corrected chi connectivity index (χ4v) is 3.55. The second-order valence-electron chi connectivity index (χ2n) is 7.30. The van der Waals surface area contributed by atoms with Gasteiger partial charge in [0.05, 0.1) is 6.04 Å². The molecule has 4 atom stereocenters. The molecule has 0 spiro atoms. The molecule has 0 unspecified atom stereocenters. The molecule has 0 heterocycles. The number of thiol groups is 1. The zero-order chi connectivity index (χ0) is 19.7. The van der Waals surface area contributed by atoms with Crippen molar-refractivity contribution in [3.05, 3.63) is 0 Å². The minimum absolute atomic E-state index is 0.0244. The molecule has 0 aromatic carbocycles. The van der Waals surface area contributed by atoms with E-state index in [2.05, 4.69) is 23.3 Å². The van der Waals surface area contributed by atoms with Gasteiger partial charge in [-0.15, -0.1) is 0 Å². The molecule has 0 aromatic heterocycles. The van der Waals surface area contributed by atoms with Gasteiger partial charge in [0.2, 0.25) is 11.8 Å².